The third-order valence-corrected chi connectivity index (χ3v) is 5.13. The molecule has 8 heteroatoms. The van der Waals surface area contributed by atoms with E-state index in [0.29, 0.717) is 6.42 Å². The van der Waals surface area contributed by atoms with Crippen molar-refractivity contribution < 1.29 is 24.2 Å². The summed E-state index contributed by atoms with van der Waals surface area (Å²) in [6.45, 7) is 3.16. The summed E-state index contributed by atoms with van der Waals surface area (Å²) >= 11 is 0. The number of aromatic nitrogens is 2. The lowest BCUT2D eigenvalue weighted by molar-refractivity contribution is -0.153. The van der Waals surface area contributed by atoms with E-state index in [0.717, 1.165) is 16.7 Å². The minimum Gasteiger partial charge on any atom is -0.464 e. The zero-order valence-electron chi connectivity index (χ0n) is 18.6. The number of aliphatic hydroxyl groups excluding tert-OH is 1. The van der Waals surface area contributed by atoms with E-state index in [1.54, 1.807) is 6.92 Å². The van der Waals surface area contributed by atoms with Gasteiger partial charge < -0.3 is 15.2 Å². The van der Waals surface area contributed by atoms with E-state index >= 15 is 0 Å². The van der Waals surface area contributed by atoms with Gasteiger partial charge in [0.05, 0.1) is 6.61 Å². The minimum absolute atomic E-state index is 0.0291. The quantitative estimate of drug-likeness (QED) is 0.323. The maximum atomic E-state index is 12.7. The first-order chi connectivity index (χ1) is 15.9. The van der Waals surface area contributed by atoms with Gasteiger partial charge >= 0.3 is 5.97 Å². The zero-order chi connectivity index (χ0) is 23.8. The van der Waals surface area contributed by atoms with E-state index in [1.165, 1.54) is 13.0 Å². The van der Waals surface area contributed by atoms with E-state index in [-0.39, 0.29) is 30.2 Å². The normalized spacial score (nSPS) is 12.6. The number of rotatable bonds is 10. The van der Waals surface area contributed by atoms with Gasteiger partial charge in [0, 0.05) is 19.4 Å². The molecule has 1 unspecified atom stereocenters. The molecule has 2 atom stereocenters. The first-order valence-corrected chi connectivity index (χ1v) is 10.7. The van der Waals surface area contributed by atoms with Crippen LogP contribution in [0.5, 0.6) is 0 Å². The fourth-order valence-corrected chi connectivity index (χ4v) is 3.43. The number of hydrogen-bond acceptors (Lipinski definition) is 6. The molecule has 0 spiro atoms. The fraction of sp³-hybridized carbons (Fsp3) is 0.280. The average Bonchev–Trinajstić information content (AvgIpc) is 3.31. The van der Waals surface area contributed by atoms with Crippen LogP contribution in [0.15, 0.2) is 60.7 Å². The SMILES string of the molecule is CCOC(=O)C(O)C[C@@H](Cc1ccc(-c2ccccc2)cc1)NC(=O)c1cc(C(C)=O)n[nH]1. The summed E-state index contributed by atoms with van der Waals surface area (Å²) in [5.41, 5.74) is 3.34. The molecule has 0 aliphatic carbocycles. The summed E-state index contributed by atoms with van der Waals surface area (Å²) in [5.74, 6) is -1.49. The monoisotopic (exact) mass is 449 g/mol. The molecule has 1 heterocycles. The van der Waals surface area contributed by atoms with Gasteiger partial charge in [0.1, 0.15) is 11.4 Å². The largest absolute Gasteiger partial charge is 0.464 e. The van der Waals surface area contributed by atoms with Crippen molar-refractivity contribution in [2.75, 3.05) is 6.61 Å². The third-order valence-electron chi connectivity index (χ3n) is 5.13. The Hall–Kier alpha value is -3.78. The Balaban J connectivity index is 1.75. The highest BCUT2D eigenvalue weighted by Crippen LogP contribution is 2.20. The second kappa shape index (κ2) is 11.2. The molecule has 0 aliphatic heterocycles. The van der Waals surface area contributed by atoms with Crippen molar-refractivity contribution in [3.63, 3.8) is 0 Å². The molecule has 8 nitrogen and oxygen atoms in total. The van der Waals surface area contributed by atoms with E-state index < -0.39 is 24.0 Å². The topological polar surface area (TPSA) is 121 Å². The molecule has 0 saturated heterocycles. The highest BCUT2D eigenvalue weighted by Gasteiger charge is 2.24. The van der Waals surface area contributed by atoms with Crippen LogP contribution in [-0.4, -0.2) is 51.7 Å². The number of ketones is 1. The molecule has 0 bridgehead atoms. The van der Waals surface area contributed by atoms with Crippen LogP contribution in [0, 0.1) is 0 Å². The minimum atomic E-state index is -1.38. The summed E-state index contributed by atoms with van der Waals surface area (Å²) in [6.07, 6.45) is -1.03. The third kappa shape index (κ3) is 6.60. The number of H-pyrrole nitrogens is 1. The second-order valence-electron chi connectivity index (χ2n) is 7.66. The summed E-state index contributed by atoms with van der Waals surface area (Å²) in [7, 11) is 0. The van der Waals surface area contributed by atoms with Crippen molar-refractivity contribution in [2.24, 2.45) is 0 Å². The average molecular weight is 450 g/mol. The number of aromatic amines is 1. The summed E-state index contributed by atoms with van der Waals surface area (Å²) in [5, 5.41) is 19.4. The number of Topliss-reactive ketones (excluding diaryl/α,β-unsaturated/α-hetero) is 1. The highest BCUT2D eigenvalue weighted by atomic mass is 16.5. The maximum absolute atomic E-state index is 12.7. The van der Waals surface area contributed by atoms with E-state index in [4.69, 9.17) is 4.74 Å². The molecule has 2 aromatic carbocycles. The van der Waals surface area contributed by atoms with E-state index in [9.17, 15) is 19.5 Å². The molecule has 172 valence electrons. The van der Waals surface area contributed by atoms with Gasteiger partial charge in [-0.3, -0.25) is 14.7 Å². The predicted molar refractivity (Wildman–Crippen MR) is 123 cm³/mol. The Morgan fingerprint density at radius 3 is 2.33 bits per heavy atom. The number of amides is 1. The van der Waals surface area contributed by atoms with Crippen LogP contribution < -0.4 is 5.32 Å². The number of benzene rings is 2. The van der Waals surface area contributed by atoms with Gasteiger partial charge in [0.2, 0.25) is 0 Å². The Kier molecular flexibility index (Phi) is 8.10. The van der Waals surface area contributed by atoms with Crippen molar-refractivity contribution in [3.05, 3.63) is 77.6 Å². The predicted octanol–water partition coefficient (Wildman–Crippen LogP) is 2.93. The Labute approximate surface area is 192 Å². The molecule has 0 saturated carbocycles. The summed E-state index contributed by atoms with van der Waals surface area (Å²) < 4.78 is 4.88. The Morgan fingerprint density at radius 1 is 1.06 bits per heavy atom. The highest BCUT2D eigenvalue weighted by molar-refractivity contribution is 5.97. The van der Waals surface area contributed by atoms with Gasteiger partial charge in [-0.1, -0.05) is 54.6 Å². The summed E-state index contributed by atoms with van der Waals surface area (Å²) in [6, 6.07) is 18.6. The lowest BCUT2D eigenvalue weighted by atomic mass is 9.97. The summed E-state index contributed by atoms with van der Waals surface area (Å²) in [4.78, 5) is 36.1. The van der Waals surface area contributed by atoms with Crippen molar-refractivity contribution in [1.29, 1.82) is 0 Å². The Morgan fingerprint density at radius 2 is 1.73 bits per heavy atom. The number of hydrogen-bond donors (Lipinski definition) is 3. The molecule has 33 heavy (non-hydrogen) atoms. The fourth-order valence-electron chi connectivity index (χ4n) is 3.43. The lowest BCUT2D eigenvalue weighted by Gasteiger charge is -2.21. The van der Waals surface area contributed by atoms with Crippen LogP contribution in [0.3, 0.4) is 0 Å². The van der Waals surface area contributed by atoms with Crippen molar-refractivity contribution >= 4 is 17.7 Å². The number of carbonyl (C=O) groups excluding carboxylic acids is 3. The number of ether oxygens (including phenoxy) is 1. The molecule has 3 N–H and O–H groups in total. The van der Waals surface area contributed by atoms with Crippen LogP contribution >= 0.6 is 0 Å². The number of esters is 1. The number of nitrogens with zero attached hydrogens (tertiary/aromatic N) is 1. The zero-order valence-corrected chi connectivity index (χ0v) is 18.6. The van der Waals surface area contributed by atoms with Crippen molar-refractivity contribution in [1.82, 2.24) is 15.5 Å². The van der Waals surface area contributed by atoms with E-state index in [1.807, 2.05) is 54.6 Å². The molecule has 1 amide bonds. The van der Waals surface area contributed by atoms with Crippen LogP contribution in [-0.2, 0) is 16.0 Å². The maximum Gasteiger partial charge on any atom is 0.335 e. The van der Waals surface area contributed by atoms with E-state index in [2.05, 4.69) is 15.5 Å². The smallest absolute Gasteiger partial charge is 0.335 e. The van der Waals surface area contributed by atoms with Gasteiger partial charge in [-0.15, -0.1) is 0 Å². The number of nitrogens with one attached hydrogen (secondary N) is 2. The first kappa shape index (κ1) is 23.9. The van der Waals surface area contributed by atoms with Crippen molar-refractivity contribution in [2.45, 2.75) is 38.8 Å². The molecule has 3 aromatic rings. The molecular formula is C25H27N3O5. The second-order valence-corrected chi connectivity index (χ2v) is 7.66. The van der Waals surface area contributed by atoms with Gasteiger partial charge in [-0.05, 0) is 36.1 Å². The molecule has 0 aliphatic rings. The molecular weight excluding hydrogens is 422 g/mol. The van der Waals surface area contributed by atoms with Gasteiger partial charge in [-0.2, -0.15) is 5.10 Å². The standard InChI is InChI=1S/C25H27N3O5/c1-3-33-25(32)23(30)14-20(26-24(31)22-15-21(16(2)29)27-28-22)13-17-9-11-19(12-10-17)18-7-5-4-6-8-18/h4-12,15,20,23,30H,3,13-14H2,1-2H3,(H,26,31)(H,27,28)/t20-,23?/m1/s1. The van der Waals surface area contributed by atoms with Gasteiger partial charge in [0.25, 0.3) is 5.91 Å². The van der Waals surface area contributed by atoms with Crippen molar-refractivity contribution in [3.8, 4) is 11.1 Å². The molecule has 0 fully saturated rings. The number of carbonyl (C=O) groups is 3. The van der Waals surface area contributed by atoms with Crippen LogP contribution in [0.2, 0.25) is 0 Å². The molecule has 3 rings (SSSR count). The Bertz CT molecular complexity index is 1090. The first-order valence-electron chi connectivity index (χ1n) is 10.7. The molecule has 0 radical (unpaired) electrons. The molecule has 1 aromatic heterocycles. The van der Waals surface area contributed by atoms with Crippen LogP contribution in [0.1, 0.15) is 46.8 Å². The van der Waals surface area contributed by atoms with Crippen LogP contribution in [0.4, 0.5) is 0 Å². The lowest BCUT2D eigenvalue weighted by Crippen LogP contribution is -2.41. The van der Waals surface area contributed by atoms with Gasteiger partial charge in [-0.25, -0.2) is 4.79 Å². The number of aliphatic hydroxyl groups is 1. The van der Waals surface area contributed by atoms with Crippen LogP contribution in [0.25, 0.3) is 11.1 Å². The van der Waals surface area contributed by atoms with Gasteiger partial charge in [0.15, 0.2) is 11.9 Å².